The van der Waals surface area contributed by atoms with Crippen LogP contribution < -0.4 is 15.8 Å². The highest BCUT2D eigenvalue weighted by Crippen LogP contribution is 2.26. The Labute approximate surface area is 265 Å². The van der Waals surface area contributed by atoms with Crippen LogP contribution in [0, 0.1) is 0 Å². The van der Waals surface area contributed by atoms with Crippen LogP contribution in [-0.4, -0.2) is 44.8 Å². The van der Waals surface area contributed by atoms with Crippen LogP contribution >= 0.6 is 0 Å². The van der Waals surface area contributed by atoms with Gasteiger partial charge in [0.15, 0.2) is 0 Å². The summed E-state index contributed by atoms with van der Waals surface area (Å²) in [6, 6.07) is 18.2. The summed E-state index contributed by atoms with van der Waals surface area (Å²) in [7, 11) is 0. The van der Waals surface area contributed by atoms with Gasteiger partial charge in [0.25, 0.3) is 0 Å². The van der Waals surface area contributed by atoms with Crippen LogP contribution in [0.1, 0.15) is 56.9 Å². The Morgan fingerprint density at radius 3 is 2.26 bits per heavy atom. The van der Waals surface area contributed by atoms with Crippen LogP contribution in [-0.2, 0) is 32.6 Å². The van der Waals surface area contributed by atoms with Crippen molar-refractivity contribution < 1.29 is 32.3 Å². The number of carbonyl (C=O) groups is 3. The lowest BCUT2D eigenvalue weighted by Crippen LogP contribution is -2.45. The maximum atomic E-state index is 12.7. The maximum Gasteiger partial charge on any atom is 0.491 e. The molecule has 0 unspecified atom stereocenters. The first-order valence-electron chi connectivity index (χ1n) is 14.8. The van der Waals surface area contributed by atoms with E-state index >= 15 is 0 Å². The Balaban J connectivity index is 1.35. The monoisotopic (exact) mass is 635 g/mol. The normalized spacial score (nSPS) is 12.4. The van der Waals surface area contributed by atoms with E-state index in [1.54, 1.807) is 12.4 Å². The van der Waals surface area contributed by atoms with Gasteiger partial charge in [-0.1, -0.05) is 45.0 Å². The molecule has 0 aliphatic heterocycles. The van der Waals surface area contributed by atoms with E-state index < -0.39 is 24.1 Å². The molecule has 1 atom stereocenters. The lowest BCUT2D eigenvalue weighted by atomic mass is 9.87. The van der Waals surface area contributed by atoms with Gasteiger partial charge < -0.3 is 15.8 Å². The van der Waals surface area contributed by atoms with E-state index in [1.807, 2.05) is 35.0 Å². The molecule has 0 saturated carbocycles. The third-order valence-electron chi connectivity index (χ3n) is 7.29. The molecule has 12 heteroatoms. The molecule has 0 aliphatic rings. The largest absolute Gasteiger partial charge is 0.491 e. The second kappa shape index (κ2) is 14.4. The molecule has 242 valence electrons. The van der Waals surface area contributed by atoms with E-state index in [0.29, 0.717) is 24.8 Å². The van der Waals surface area contributed by atoms with Crippen molar-refractivity contribution >= 4 is 17.8 Å². The number of benzene rings is 2. The fourth-order valence-electron chi connectivity index (χ4n) is 4.75. The minimum Gasteiger partial charge on any atom is -0.420 e. The second-order valence-electron chi connectivity index (χ2n) is 11.9. The number of ether oxygens (including phenoxy) is 1. The van der Waals surface area contributed by atoms with E-state index in [4.69, 9.17) is 10.8 Å². The van der Waals surface area contributed by atoms with Crippen LogP contribution in [0.25, 0.3) is 16.9 Å². The zero-order valence-corrected chi connectivity index (χ0v) is 25.8. The molecule has 9 nitrogen and oxygen atoms in total. The van der Waals surface area contributed by atoms with Gasteiger partial charge in [-0.05, 0) is 78.3 Å². The van der Waals surface area contributed by atoms with Crippen molar-refractivity contribution in [2.75, 3.05) is 0 Å². The Hall–Kier alpha value is -5.00. The zero-order valence-electron chi connectivity index (χ0n) is 25.8. The van der Waals surface area contributed by atoms with Gasteiger partial charge in [-0.25, -0.2) is 9.48 Å². The van der Waals surface area contributed by atoms with Crippen LogP contribution in [0.3, 0.4) is 0 Å². The lowest BCUT2D eigenvalue weighted by molar-refractivity contribution is -0.189. The predicted molar refractivity (Wildman–Crippen MR) is 166 cm³/mol. The van der Waals surface area contributed by atoms with Gasteiger partial charge in [0, 0.05) is 36.5 Å². The Morgan fingerprint density at radius 1 is 0.978 bits per heavy atom. The minimum atomic E-state index is -5.12. The van der Waals surface area contributed by atoms with Gasteiger partial charge in [-0.2, -0.15) is 18.3 Å². The first kappa shape index (κ1) is 33.9. The molecule has 0 fully saturated rings. The quantitative estimate of drug-likeness (QED) is 0.118. The number of nitrogens with two attached hydrogens (primary N) is 1. The van der Waals surface area contributed by atoms with Gasteiger partial charge >= 0.3 is 12.1 Å². The molecule has 2 amide bonds. The molecule has 4 aromatic rings. The van der Waals surface area contributed by atoms with E-state index in [0.717, 1.165) is 22.6 Å². The van der Waals surface area contributed by atoms with Gasteiger partial charge in [0.2, 0.25) is 11.8 Å². The van der Waals surface area contributed by atoms with Gasteiger partial charge in [-0.3, -0.25) is 14.6 Å². The van der Waals surface area contributed by atoms with Crippen LogP contribution in [0.15, 0.2) is 79.1 Å². The lowest BCUT2D eigenvalue weighted by Gasteiger charge is -2.19. The second-order valence-corrected chi connectivity index (χ2v) is 11.9. The number of nitrogens with zero attached hydrogens (tertiary/aromatic N) is 3. The smallest absolute Gasteiger partial charge is 0.420 e. The molecule has 0 saturated heterocycles. The summed E-state index contributed by atoms with van der Waals surface area (Å²) in [5.74, 6) is -3.76. The number of carbonyl (C=O) groups excluding carboxylic acids is 3. The SMILES string of the molecule is CC(C)(C)c1ccc(-n2nc(-c3cccnc3)cc2CCCCC(=O)N[C@@H](Cc2ccc(OC(=O)C(F)(F)F)cc2)C(N)=O)cc1. The molecule has 0 bridgehead atoms. The molecule has 46 heavy (non-hydrogen) atoms. The number of hydrogen-bond donors (Lipinski definition) is 2. The van der Waals surface area contributed by atoms with Crippen molar-refractivity contribution in [1.29, 1.82) is 0 Å². The Kier molecular flexibility index (Phi) is 10.6. The van der Waals surface area contributed by atoms with E-state index in [1.165, 1.54) is 29.8 Å². The standard InChI is InChI=1S/C34H36F3N5O4/c1-33(2,3)24-12-14-25(15-13-24)42-26(20-28(41-42)23-7-6-18-39-21-23)8-4-5-9-30(43)40-29(31(38)44)19-22-10-16-27(17-11-22)46-32(45)34(35,36)37/h6-7,10-18,20-21,29H,4-5,8-9,19H2,1-3H3,(H2,38,44)(H,40,43)/t29-/m0/s1. The molecule has 4 rings (SSSR count). The first-order chi connectivity index (χ1) is 21.7. The average Bonchev–Trinajstić information content (AvgIpc) is 3.43. The summed E-state index contributed by atoms with van der Waals surface area (Å²) in [6.45, 7) is 6.48. The number of amides is 2. The summed E-state index contributed by atoms with van der Waals surface area (Å²) in [6.07, 6.45) is 0.359. The first-order valence-corrected chi connectivity index (χ1v) is 14.8. The third kappa shape index (κ3) is 9.26. The molecule has 0 radical (unpaired) electrons. The number of unbranched alkanes of at least 4 members (excludes halogenated alkanes) is 1. The molecular formula is C34H36F3N5O4. The summed E-state index contributed by atoms with van der Waals surface area (Å²) >= 11 is 0. The highest BCUT2D eigenvalue weighted by Gasteiger charge is 2.41. The predicted octanol–water partition coefficient (Wildman–Crippen LogP) is 5.63. The topological polar surface area (TPSA) is 129 Å². The number of primary amides is 1. The number of alkyl halides is 3. The van der Waals surface area contributed by atoms with Gasteiger partial charge in [0.05, 0.1) is 11.4 Å². The fourth-order valence-corrected chi connectivity index (χ4v) is 4.75. The Morgan fingerprint density at radius 2 is 1.67 bits per heavy atom. The number of pyridine rings is 1. The van der Waals surface area contributed by atoms with E-state index in [-0.39, 0.29) is 29.9 Å². The van der Waals surface area contributed by atoms with E-state index in [2.05, 4.69) is 47.9 Å². The number of esters is 1. The molecular weight excluding hydrogens is 599 g/mol. The summed E-state index contributed by atoms with van der Waals surface area (Å²) < 4.78 is 43.4. The molecule has 3 N–H and O–H groups in total. The van der Waals surface area contributed by atoms with Crippen LogP contribution in [0.2, 0.25) is 0 Å². The van der Waals surface area contributed by atoms with Gasteiger partial charge in [0.1, 0.15) is 11.8 Å². The van der Waals surface area contributed by atoms with Crippen molar-refractivity contribution in [3.8, 4) is 22.7 Å². The minimum absolute atomic E-state index is 0.0128. The van der Waals surface area contributed by atoms with Gasteiger partial charge in [-0.15, -0.1) is 0 Å². The highest BCUT2D eigenvalue weighted by atomic mass is 19.4. The van der Waals surface area contributed by atoms with E-state index in [9.17, 15) is 27.6 Å². The van der Waals surface area contributed by atoms with Crippen molar-refractivity contribution in [3.05, 3.63) is 95.9 Å². The molecule has 2 aromatic carbocycles. The Bertz CT molecular complexity index is 1650. The fraction of sp³-hybridized carbons (Fsp3) is 0.324. The van der Waals surface area contributed by atoms with Crippen LogP contribution in [0.5, 0.6) is 5.75 Å². The van der Waals surface area contributed by atoms with Crippen LogP contribution in [0.4, 0.5) is 13.2 Å². The zero-order chi connectivity index (χ0) is 33.5. The number of halogens is 3. The third-order valence-corrected chi connectivity index (χ3v) is 7.29. The van der Waals surface area contributed by atoms with Crippen molar-refractivity contribution in [2.45, 2.75) is 70.5 Å². The van der Waals surface area contributed by atoms with Crippen molar-refractivity contribution in [3.63, 3.8) is 0 Å². The molecule has 0 aliphatic carbocycles. The number of aryl methyl sites for hydroxylation is 1. The summed E-state index contributed by atoms with van der Waals surface area (Å²) in [4.78, 5) is 40.0. The number of aromatic nitrogens is 3. The molecule has 2 aromatic heterocycles. The van der Waals surface area contributed by atoms with Crippen molar-refractivity contribution in [1.82, 2.24) is 20.1 Å². The summed E-state index contributed by atoms with van der Waals surface area (Å²) in [5.41, 5.74) is 10.8. The maximum absolute atomic E-state index is 12.7. The number of rotatable bonds is 12. The highest BCUT2D eigenvalue weighted by molar-refractivity contribution is 5.86. The number of nitrogens with one attached hydrogen (secondary N) is 1. The molecule has 0 spiro atoms. The average molecular weight is 636 g/mol. The summed E-state index contributed by atoms with van der Waals surface area (Å²) in [5, 5.41) is 7.50. The number of hydrogen-bond acceptors (Lipinski definition) is 6. The molecule has 2 heterocycles. The van der Waals surface area contributed by atoms with Crippen molar-refractivity contribution in [2.24, 2.45) is 5.73 Å².